The SMILES string of the molecule is CCSc1nnc(NC(=O)c2csc(-c3ccc(OC)cc3)n2)s1. The molecule has 3 rings (SSSR count). The third-order valence-electron chi connectivity index (χ3n) is 2.97. The molecule has 2 heterocycles. The molecule has 0 aliphatic heterocycles. The van der Waals surface area contributed by atoms with Gasteiger partial charge in [0.15, 0.2) is 4.34 Å². The van der Waals surface area contributed by atoms with Crippen LogP contribution in [-0.4, -0.2) is 34.0 Å². The van der Waals surface area contributed by atoms with E-state index in [1.54, 1.807) is 24.3 Å². The van der Waals surface area contributed by atoms with Gasteiger partial charge in [-0.05, 0) is 30.0 Å². The molecule has 9 heteroatoms. The normalized spacial score (nSPS) is 10.6. The Morgan fingerprint density at radius 1 is 1.29 bits per heavy atom. The lowest BCUT2D eigenvalue weighted by Crippen LogP contribution is -2.12. The number of nitrogens with zero attached hydrogens (tertiary/aromatic N) is 3. The number of carbonyl (C=O) groups is 1. The second kappa shape index (κ2) is 7.73. The molecule has 1 N–H and O–H groups in total. The Hall–Kier alpha value is -1.97. The maximum absolute atomic E-state index is 12.3. The molecule has 0 fully saturated rings. The Morgan fingerprint density at radius 3 is 2.79 bits per heavy atom. The van der Waals surface area contributed by atoms with Crippen LogP contribution in [0.4, 0.5) is 5.13 Å². The lowest BCUT2D eigenvalue weighted by molar-refractivity contribution is 0.102. The van der Waals surface area contributed by atoms with Crippen molar-refractivity contribution in [2.45, 2.75) is 11.3 Å². The summed E-state index contributed by atoms with van der Waals surface area (Å²) in [6.07, 6.45) is 0. The van der Waals surface area contributed by atoms with Crippen molar-refractivity contribution in [3.05, 3.63) is 35.3 Å². The summed E-state index contributed by atoms with van der Waals surface area (Å²) in [7, 11) is 1.62. The van der Waals surface area contributed by atoms with E-state index in [1.807, 2.05) is 31.2 Å². The molecule has 6 nitrogen and oxygen atoms in total. The first kappa shape index (κ1) is 16.9. The molecule has 24 heavy (non-hydrogen) atoms. The molecule has 0 aliphatic carbocycles. The molecule has 0 bridgehead atoms. The van der Waals surface area contributed by atoms with Crippen LogP contribution in [0, 0.1) is 0 Å². The fourth-order valence-electron chi connectivity index (χ4n) is 1.85. The van der Waals surface area contributed by atoms with E-state index in [2.05, 4.69) is 20.5 Å². The van der Waals surface area contributed by atoms with Gasteiger partial charge in [-0.25, -0.2) is 4.98 Å². The fourth-order valence-corrected chi connectivity index (χ4v) is 4.30. The smallest absolute Gasteiger partial charge is 0.276 e. The number of benzene rings is 1. The fraction of sp³-hybridized carbons (Fsp3) is 0.200. The number of methoxy groups -OCH3 is 1. The number of aromatic nitrogens is 3. The molecule has 0 saturated carbocycles. The maximum Gasteiger partial charge on any atom is 0.276 e. The first-order valence-corrected chi connectivity index (χ1v) is 9.75. The van der Waals surface area contributed by atoms with Gasteiger partial charge >= 0.3 is 0 Å². The summed E-state index contributed by atoms with van der Waals surface area (Å²) >= 11 is 4.37. The van der Waals surface area contributed by atoms with E-state index in [9.17, 15) is 4.79 Å². The number of ether oxygens (including phenoxy) is 1. The zero-order valence-corrected chi connectivity index (χ0v) is 15.4. The van der Waals surface area contributed by atoms with Crippen LogP contribution in [0.25, 0.3) is 10.6 Å². The molecule has 0 spiro atoms. The molecule has 1 amide bonds. The molecular formula is C15H14N4O2S3. The molecule has 3 aromatic rings. The Kier molecular flexibility index (Phi) is 5.44. The third-order valence-corrected chi connectivity index (χ3v) is 5.71. The van der Waals surface area contributed by atoms with E-state index in [0.717, 1.165) is 26.4 Å². The van der Waals surface area contributed by atoms with Crippen LogP contribution in [-0.2, 0) is 0 Å². The van der Waals surface area contributed by atoms with Crippen molar-refractivity contribution in [2.75, 3.05) is 18.2 Å². The monoisotopic (exact) mass is 378 g/mol. The maximum atomic E-state index is 12.3. The summed E-state index contributed by atoms with van der Waals surface area (Å²) < 4.78 is 5.98. The van der Waals surface area contributed by atoms with Crippen LogP contribution in [0.1, 0.15) is 17.4 Å². The van der Waals surface area contributed by atoms with Crippen molar-refractivity contribution < 1.29 is 9.53 Å². The van der Waals surface area contributed by atoms with Crippen molar-refractivity contribution in [3.63, 3.8) is 0 Å². The van der Waals surface area contributed by atoms with Crippen LogP contribution in [0.15, 0.2) is 34.0 Å². The lowest BCUT2D eigenvalue weighted by Gasteiger charge is -2.00. The van der Waals surface area contributed by atoms with Crippen LogP contribution in [0.5, 0.6) is 5.75 Å². The quantitative estimate of drug-likeness (QED) is 0.515. The predicted octanol–water partition coefficient (Wildman–Crippen LogP) is 4.03. The largest absolute Gasteiger partial charge is 0.497 e. The highest BCUT2D eigenvalue weighted by atomic mass is 32.2. The Balaban J connectivity index is 1.70. The molecular weight excluding hydrogens is 364 g/mol. The molecule has 2 aromatic heterocycles. The van der Waals surface area contributed by atoms with Crippen LogP contribution in [0.2, 0.25) is 0 Å². The number of rotatable bonds is 6. The number of amides is 1. The van der Waals surface area contributed by atoms with Crippen LogP contribution in [0.3, 0.4) is 0 Å². The van der Waals surface area contributed by atoms with Crippen molar-refractivity contribution in [1.82, 2.24) is 15.2 Å². The van der Waals surface area contributed by atoms with E-state index in [0.29, 0.717) is 10.8 Å². The number of carbonyl (C=O) groups excluding carboxylic acids is 1. The summed E-state index contributed by atoms with van der Waals surface area (Å²) in [5.41, 5.74) is 1.31. The average Bonchev–Trinajstić information content (AvgIpc) is 3.25. The second-order valence-electron chi connectivity index (χ2n) is 4.53. The van der Waals surface area contributed by atoms with Gasteiger partial charge in [0.25, 0.3) is 5.91 Å². The highest BCUT2D eigenvalue weighted by Gasteiger charge is 2.14. The van der Waals surface area contributed by atoms with E-state index in [1.165, 1.54) is 22.7 Å². The van der Waals surface area contributed by atoms with Gasteiger partial charge in [0.1, 0.15) is 16.5 Å². The van der Waals surface area contributed by atoms with E-state index < -0.39 is 0 Å². The van der Waals surface area contributed by atoms with Crippen molar-refractivity contribution in [3.8, 4) is 16.3 Å². The zero-order valence-electron chi connectivity index (χ0n) is 13.0. The summed E-state index contributed by atoms with van der Waals surface area (Å²) in [6, 6.07) is 7.56. The van der Waals surface area contributed by atoms with Gasteiger partial charge in [0.2, 0.25) is 5.13 Å². The van der Waals surface area contributed by atoms with Gasteiger partial charge in [-0.2, -0.15) is 0 Å². The third kappa shape index (κ3) is 3.92. The van der Waals surface area contributed by atoms with Crippen molar-refractivity contribution in [1.29, 1.82) is 0 Å². The minimum Gasteiger partial charge on any atom is -0.497 e. The summed E-state index contributed by atoms with van der Waals surface area (Å²) in [5.74, 6) is 1.42. The zero-order chi connectivity index (χ0) is 16.9. The highest BCUT2D eigenvalue weighted by molar-refractivity contribution is 8.01. The number of thiazole rings is 1. The molecule has 0 radical (unpaired) electrons. The van der Waals surface area contributed by atoms with Gasteiger partial charge in [-0.1, -0.05) is 30.0 Å². The number of nitrogens with one attached hydrogen (secondary N) is 1. The average molecular weight is 379 g/mol. The Bertz CT molecular complexity index is 829. The highest BCUT2D eigenvalue weighted by Crippen LogP contribution is 2.27. The molecule has 0 aliphatic rings. The molecule has 0 atom stereocenters. The number of hydrogen-bond acceptors (Lipinski definition) is 8. The number of anilines is 1. The summed E-state index contributed by atoms with van der Waals surface area (Å²) in [6.45, 7) is 2.04. The molecule has 0 saturated heterocycles. The van der Waals surface area contributed by atoms with E-state index in [4.69, 9.17) is 4.74 Å². The first-order chi connectivity index (χ1) is 11.7. The van der Waals surface area contributed by atoms with Crippen LogP contribution >= 0.6 is 34.4 Å². The van der Waals surface area contributed by atoms with Gasteiger partial charge in [0.05, 0.1) is 7.11 Å². The molecule has 1 aromatic carbocycles. The topological polar surface area (TPSA) is 77.0 Å². The molecule has 124 valence electrons. The minimum absolute atomic E-state index is 0.282. The minimum atomic E-state index is -0.282. The standard InChI is InChI=1S/C15H14N4O2S3/c1-3-22-15-19-18-14(24-15)17-12(20)11-8-23-13(16-11)9-4-6-10(21-2)7-5-9/h4-8H,3H2,1-2H3,(H,17,18,20). The number of hydrogen-bond donors (Lipinski definition) is 1. The van der Waals surface area contributed by atoms with E-state index in [-0.39, 0.29) is 5.91 Å². The Labute approximate surface area is 151 Å². The van der Waals surface area contributed by atoms with Crippen molar-refractivity contribution in [2.24, 2.45) is 0 Å². The van der Waals surface area contributed by atoms with E-state index >= 15 is 0 Å². The van der Waals surface area contributed by atoms with Gasteiger partial charge in [-0.15, -0.1) is 21.5 Å². The Morgan fingerprint density at radius 2 is 2.08 bits per heavy atom. The predicted molar refractivity (Wildman–Crippen MR) is 98.4 cm³/mol. The summed E-state index contributed by atoms with van der Waals surface area (Å²) in [4.78, 5) is 16.7. The van der Waals surface area contributed by atoms with Crippen molar-refractivity contribution >= 4 is 45.5 Å². The van der Waals surface area contributed by atoms with Gasteiger partial charge in [0, 0.05) is 10.9 Å². The van der Waals surface area contributed by atoms with Gasteiger partial charge < -0.3 is 4.74 Å². The summed E-state index contributed by atoms with van der Waals surface area (Å²) in [5, 5.41) is 13.7. The lowest BCUT2D eigenvalue weighted by atomic mass is 10.2. The molecule has 0 unspecified atom stereocenters. The first-order valence-electron chi connectivity index (χ1n) is 7.07. The van der Waals surface area contributed by atoms with Crippen LogP contribution < -0.4 is 10.1 Å². The number of thioether (sulfide) groups is 1. The second-order valence-corrected chi connectivity index (χ2v) is 7.87. The van der Waals surface area contributed by atoms with Gasteiger partial charge in [-0.3, -0.25) is 10.1 Å².